The van der Waals surface area contributed by atoms with Crippen LogP contribution in [0.3, 0.4) is 0 Å². The van der Waals surface area contributed by atoms with Crippen LogP contribution in [-0.4, -0.2) is 50.3 Å². The number of rotatable bonds is 8. The summed E-state index contributed by atoms with van der Waals surface area (Å²) in [6, 6.07) is 16.2. The fraction of sp³-hybridized carbons (Fsp3) is 0.364. The van der Waals surface area contributed by atoms with Crippen LogP contribution >= 0.6 is 47.3 Å². The third-order valence-corrected chi connectivity index (χ3v) is 5.85. The lowest BCUT2D eigenvalue weighted by Gasteiger charge is -2.28. The van der Waals surface area contributed by atoms with E-state index in [1.54, 1.807) is 11.8 Å². The first-order valence-corrected chi connectivity index (χ1v) is 11.5. The highest BCUT2D eigenvalue weighted by Gasteiger charge is 2.16. The minimum atomic E-state index is 0. The van der Waals surface area contributed by atoms with Crippen molar-refractivity contribution in [3.8, 4) is 0 Å². The van der Waals surface area contributed by atoms with Crippen LogP contribution in [0, 0.1) is 0 Å². The van der Waals surface area contributed by atoms with Crippen molar-refractivity contribution in [2.24, 2.45) is 4.99 Å². The van der Waals surface area contributed by atoms with Gasteiger partial charge >= 0.3 is 0 Å². The Morgan fingerprint density at radius 3 is 2.58 bits per heavy atom. The van der Waals surface area contributed by atoms with Crippen molar-refractivity contribution in [1.82, 2.24) is 16.0 Å². The van der Waals surface area contributed by atoms with Crippen molar-refractivity contribution in [3.05, 3.63) is 59.1 Å². The zero-order chi connectivity index (χ0) is 21.2. The first kappa shape index (κ1) is 25.6. The average Bonchev–Trinajstić information content (AvgIpc) is 2.76. The number of benzene rings is 2. The molecule has 1 fully saturated rings. The number of thioether (sulfide) groups is 1. The number of nitrogens with one attached hydrogen (secondary N) is 3. The van der Waals surface area contributed by atoms with Crippen molar-refractivity contribution in [2.45, 2.75) is 18.4 Å². The van der Waals surface area contributed by atoms with Crippen LogP contribution in [0.25, 0.3) is 0 Å². The van der Waals surface area contributed by atoms with Gasteiger partial charge in [-0.3, -0.25) is 4.79 Å². The van der Waals surface area contributed by atoms with E-state index in [0.29, 0.717) is 19.6 Å². The summed E-state index contributed by atoms with van der Waals surface area (Å²) in [6.07, 6.45) is 0. The minimum absolute atomic E-state index is 0. The fourth-order valence-electron chi connectivity index (χ4n) is 3.05. The van der Waals surface area contributed by atoms with Crippen LogP contribution in [0.1, 0.15) is 12.5 Å². The molecule has 0 aliphatic carbocycles. The van der Waals surface area contributed by atoms with Crippen LogP contribution in [0.15, 0.2) is 58.4 Å². The molecule has 1 amide bonds. The van der Waals surface area contributed by atoms with E-state index in [1.807, 2.05) is 24.3 Å². The number of anilines is 1. The van der Waals surface area contributed by atoms with Gasteiger partial charge in [0, 0.05) is 47.5 Å². The second kappa shape index (κ2) is 13.7. The number of carbonyl (C=O) groups is 1. The summed E-state index contributed by atoms with van der Waals surface area (Å²) in [5.74, 6) is 1.82. The molecule has 0 atom stereocenters. The van der Waals surface area contributed by atoms with Gasteiger partial charge in [0.05, 0.1) is 13.1 Å². The van der Waals surface area contributed by atoms with Gasteiger partial charge in [-0.2, -0.15) is 0 Å². The summed E-state index contributed by atoms with van der Waals surface area (Å²) in [6.45, 7) is 6.23. The predicted octanol–water partition coefficient (Wildman–Crippen LogP) is 3.74. The molecule has 9 heteroatoms. The van der Waals surface area contributed by atoms with Gasteiger partial charge < -0.3 is 20.9 Å². The van der Waals surface area contributed by atoms with Crippen molar-refractivity contribution >= 4 is 64.9 Å². The molecule has 0 radical (unpaired) electrons. The zero-order valence-corrected chi connectivity index (χ0v) is 21.5. The Kier molecular flexibility index (Phi) is 11.3. The number of piperazine rings is 1. The van der Waals surface area contributed by atoms with Gasteiger partial charge in [-0.25, -0.2) is 4.99 Å². The third-order valence-electron chi connectivity index (χ3n) is 4.58. The van der Waals surface area contributed by atoms with E-state index in [2.05, 4.69) is 57.0 Å². The Hall–Kier alpha value is -1.65. The maximum absolute atomic E-state index is 11.6. The number of carbonyl (C=O) groups excluding carboxylic acids is 1. The van der Waals surface area contributed by atoms with Crippen LogP contribution in [0.4, 0.5) is 5.69 Å². The maximum atomic E-state index is 11.6. The number of hydrogen-bond acceptors (Lipinski definition) is 4. The van der Waals surface area contributed by atoms with Gasteiger partial charge in [0.2, 0.25) is 5.91 Å². The molecule has 6 nitrogen and oxygen atoms in total. The lowest BCUT2D eigenvalue weighted by Crippen LogP contribution is -2.47. The zero-order valence-electron chi connectivity index (χ0n) is 17.6. The predicted molar refractivity (Wildman–Crippen MR) is 142 cm³/mol. The van der Waals surface area contributed by atoms with Crippen molar-refractivity contribution < 1.29 is 4.79 Å². The van der Waals surface area contributed by atoms with E-state index in [-0.39, 0.29) is 29.9 Å². The van der Waals surface area contributed by atoms with Crippen LogP contribution in [0.2, 0.25) is 5.02 Å². The second-order valence-electron chi connectivity index (χ2n) is 6.86. The standard InChI is InChI=1S/C22H28ClN5OS.HI/c1-2-24-22(26-12-14-30-20-9-5-18(23)6-10-20)27-15-17-3-7-19(8-4-17)28-13-11-25-21(29)16-28;/h3-10H,2,11-16H2,1H3,(H,25,29)(H2,24,26,27);1H. The lowest BCUT2D eigenvalue weighted by atomic mass is 10.2. The van der Waals surface area contributed by atoms with E-state index in [0.717, 1.165) is 47.6 Å². The molecule has 2 aromatic carbocycles. The van der Waals surface area contributed by atoms with E-state index in [4.69, 9.17) is 11.6 Å². The molecule has 168 valence electrons. The fourth-order valence-corrected chi connectivity index (χ4v) is 3.95. The monoisotopic (exact) mass is 573 g/mol. The number of halogens is 2. The molecule has 0 bridgehead atoms. The molecule has 1 saturated heterocycles. The van der Waals surface area contributed by atoms with E-state index < -0.39 is 0 Å². The first-order chi connectivity index (χ1) is 14.6. The quantitative estimate of drug-likeness (QED) is 0.148. The highest BCUT2D eigenvalue weighted by molar-refractivity contribution is 14.0. The SMILES string of the molecule is CCNC(=NCc1ccc(N2CCNC(=O)C2)cc1)NCCSc1ccc(Cl)cc1.I. The number of guanidine groups is 1. The molecule has 1 heterocycles. The summed E-state index contributed by atoms with van der Waals surface area (Å²) >= 11 is 7.71. The van der Waals surface area contributed by atoms with Crippen molar-refractivity contribution in [3.63, 3.8) is 0 Å². The molecule has 2 aromatic rings. The van der Waals surface area contributed by atoms with Crippen LogP contribution in [0.5, 0.6) is 0 Å². The Balaban J connectivity index is 0.00000341. The molecule has 0 unspecified atom stereocenters. The van der Waals surface area contributed by atoms with Gasteiger partial charge in [0.25, 0.3) is 0 Å². The highest BCUT2D eigenvalue weighted by atomic mass is 127. The van der Waals surface area contributed by atoms with Crippen molar-refractivity contribution in [2.75, 3.05) is 43.4 Å². The molecule has 0 saturated carbocycles. The Labute approximate surface area is 210 Å². The first-order valence-electron chi connectivity index (χ1n) is 10.1. The molecular formula is C22H29ClIN5OS. The topological polar surface area (TPSA) is 68.8 Å². The number of aliphatic imine (C=N–C) groups is 1. The molecule has 1 aliphatic rings. The molecule has 3 N–H and O–H groups in total. The molecule has 0 aromatic heterocycles. The summed E-state index contributed by atoms with van der Waals surface area (Å²) in [5, 5.41) is 10.3. The van der Waals surface area contributed by atoms with Crippen molar-refractivity contribution in [1.29, 1.82) is 0 Å². The average molecular weight is 574 g/mol. The number of nitrogens with zero attached hydrogens (tertiary/aromatic N) is 2. The molecule has 31 heavy (non-hydrogen) atoms. The van der Waals surface area contributed by atoms with E-state index in [9.17, 15) is 4.79 Å². The van der Waals surface area contributed by atoms with Gasteiger partial charge in [0.1, 0.15) is 0 Å². The summed E-state index contributed by atoms with van der Waals surface area (Å²) in [4.78, 5) is 19.5. The lowest BCUT2D eigenvalue weighted by molar-refractivity contribution is -0.120. The molecular weight excluding hydrogens is 545 g/mol. The van der Waals surface area contributed by atoms with Gasteiger partial charge in [-0.1, -0.05) is 23.7 Å². The Morgan fingerprint density at radius 1 is 1.16 bits per heavy atom. The van der Waals surface area contributed by atoms with Crippen LogP contribution < -0.4 is 20.9 Å². The highest BCUT2D eigenvalue weighted by Crippen LogP contribution is 2.19. The molecule has 1 aliphatic heterocycles. The normalized spacial score (nSPS) is 13.9. The largest absolute Gasteiger partial charge is 0.360 e. The molecule has 3 rings (SSSR count). The smallest absolute Gasteiger partial charge is 0.239 e. The third kappa shape index (κ3) is 8.78. The maximum Gasteiger partial charge on any atom is 0.239 e. The summed E-state index contributed by atoms with van der Waals surface area (Å²) in [7, 11) is 0. The van der Waals surface area contributed by atoms with Crippen LogP contribution in [-0.2, 0) is 11.3 Å². The second-order valence-corrected chi connectivity index (χ2v) is 8.47. The number of amides is 1. The van der Waals surface area contributed by atoms with E-state index in [1.165, 1.54) is 4.90 Å². The summed E-state index contributed by atoms with van der Waals surface area (Å²) in [5.41, 5.74) is 2.20. The van der Waals surface area contributed by atoms with Gasteiger partial charge in [-0.05, 0) is 48.9 Å². The summed E-state index contributed by atoms with van der Waals surface area (Å²) < 4.78 is 0. The van der Waals surface area contributed by atoms with Gasteiger partial charge in [-0.15, -0.1) is 35.7 Å². The Morgan fingerprint density at radius 2 is 1.90 bits per heavy atom. The molecule has 0 spiro atoms. The Bertz CT molecular complexity index is 848. The minimum Gasteiger partial charge on any atom is -0.360 e. The number of hydrogen-bond donors (Lipinski definition) is 3. The van der Waals surface area contributed by atoms with E-state index >= 15 is 0 Å². The van der Waals surface area contributed by atoms with Gasteiger partial charge in [0.15, 0.2) is 5.96 Å².